The number of halogens is 3. The van der Waals surface area contributed by atoms with Gasteiger partial charge in [-0.05, 0) is 63.3 Å². The van der Waals surface area contributed by atoms with Crippen LogP contribution in [-0.4, -0.2) is 28.4 Å². The molecule has 0 aromatic heterocycles. The van der Waals surface area contributed by atoms with Gasteiger partial charge in [-0.1, -0.05) is 0 Å². The summed E-state index contributed by atoms with van der Waals surface area (Å²) in [5.41, 5.74) is -0.102. The minimum Gasteiger partial charge on any atom is -0.506 e. The molecule has 0 atom stereocenters. The first-order valence-corrected chi connectivity index (χ1v) is 7.75. The van der Waals surface area contributed by atoms with E-state index in [0.29, 0.717) is 4.47 Å². The molecule has 1 aliphatic rings. The number of benzene rings is 1. The number of hydrogen-bond donors (Lipinski definition) is 2. The first-order chi connectivity index (χ1) is 9.82. The number of rotatable bonds is 4. The molecule has 2 N–H and O–H groups in total. The minimum absolute atomic E-state index is 0.107. The number of aliphatic carboxylic acids is 1. The number of aliphatic hydroxyl groups excluding tert-OH is 1. The number of aliphatic hydroxyl groups is 1. The molecular weight excluding hydrogens is 409 g/mol. The molecule has 4 nitrogen and oxygen atoms in total. The maximum Gasteiger partial charge on any atom is 0.341 e. The van der Waals surface area contributed by atoms with Gasteiger partial charge in [-0.2, -0.15) is 0 Å². The topological polar surface area (TPSA) is 69.9 Å². The Balaban J connectivity index is 2.58. The first kappa shape index (κ1) is 16.2. The summed E-state index contributed by atoms with van der Waals surface area (Å²) in [6.07, 6.45) is 2.97. The molecular formula is C14H12Br2FNO3. The van der Waals surface area contributed by atoms with Gasteiger partial charge in [-0.15, -0.1) is 0 Å². The summed E-state index contributed by atoms with van der Waals surface area (Å²) in [4.78, 5) is 15.4. The minimum atomic E-state index is -1.31. The van der Waals surface area contributed by atoms with Crippen molar-refractivity contribution in [3.63, 3.8) is 0 Å². The summed E-state index contributed by atoms with van der Waals surface area (Å²) in [5, 5.41) is 19.5. The summed E-state index contributed by atoms with van der Waals surface area (Å²) in [5.74, 6) is -2.38. The number of carbonyl (C=O) groups is 1. The lowest BCUT2D eigenvalue weighted by Gasteiger charge is -2.11. The number of carboxylic acid groups (broad SMARTS) is 1. The van der Waals surface area contributed by atoms with E-state index >= 15 is 0 Å². The quantitative estimate of drug-likeness (QED) is 0.331. The molecule has 1 aromatic carbocycles. The maximum atomic E-state index is 13.9. The van der Waals surface area contributed by atoms with E-state index in [4.69, 9.17) is 0 Å². The molecule has 0 saturated heterocycles. The lowest BCUT2D eigenvalue weighted by Crippen LogP contribution is -2.08. The van der Waals surface area contributed by atoms with Gasteiger partial charge in [0.2, 0.25) is 0 Å². The average Bonchev–Trinajstić information content (AvgIpc) is 3.20. The summed E-state index contributed by atoms with van der Waals surface area (Å²) in [7, 11) is 0. The van der Waals surface area contributed by atoms with Gasteiger partial charge in [0.25, 0.3) is 0 Å². The van der Waals surface area contributed by atoms with Gasteiger partial charge < -0.3 is 10.2 Å². The summed E-state index contributed by atoms with van der Waals surface area (Å²) in [6, 6.07) is 1.55. The Bertz CT molecular complexity index is 667. The van der Waals surface area contributed by atoms with E-state index in [0.717, 1.165) is 19.1 Å². The third-order valence-electron chi connectivity index (χ3n) is 3.09. The van der Waals surface area contributed by atoms with Crippen molar-refractivity contribution in [1.29, 1.82) is 0 Å². The number of aliphatic imine (C=N–C) groups is 1. The molecule has 1 fully saturated rings. The molecule has 0 unspecified atom stereocenters. The highest BCUT2D eigenvalue weighted by Gasteiger charge is 2.23. The normalized spacial score (nSPS) is 16.2. The molecule has 7 heteroatoms. The highest BCUT2D eigenvalue weighted by molar-refractivity contribution is 9.11. The Morgan fingerprint density at radius 1 is 1.38 bits per heavy atom. The van der Waals surface area contributed by atoms with Crippen LogP contribution in [-0.2, 0) is 4.79 Å². The van der Waals surface area contributed by atoms with E-state index in [-0.39, 0.29) is 27.2 Å². The second-order valence-corrected chi connectivity index (χ2v) is 6.44. The molecule has 0 amide bonds. The van der Waals surface area contributed by atoms with E-state index in [2.05, 4.69) is 36.9 Å². The van der Waals surface area contributed by atoms with Gasteiger partial charge in [-0.3, -0.25) is 4.99 Å². The first-order valence-electron chi connectivity index (χ1n) is 6.17. The Morgan fingerprint density at radius 3 is 2.52 bits per heavy atom. The van der Waals surface area contributed by atoms with Crippen molar-refractivity contribution in [3.05, 3.63) is 37.5 Å². The average molecular weight is 421 g/mol. The largest absolute Gasteiger partial charge is 0.506 e. The van der Waals surface area contributed by atoms with Crippen molar-refractivity contribution in [2.75, 3.05) is 0 Å². The smallest absolute Gasteiger partial charge is 0.341 e. The molecule has 0 radical (unpaired) electrons. The molecule has 1 saturated carbocycles. The molecule has 0 spiro atoms. The molecule has 1 aromatic rings. The van der Waals surface area contributed by atoms with Crippen molar-refractivity contribution < 1.29 is 19.4 Å². The second-order valence-electron chi connectivity index (χ2n) is 4.73. The zero-order chi connectivity index (χ0) is 15.7. The summed E-state index contributed by atoms with van der Waals surface area (Å²) < 4.78 is 14.6. The fraction of sp³-hybridized carbons (Fsp3) is 0.286. The Kier molecular flexibility index (Phi) is 4.83. The summed E-state index contributed by atoms with van der Waals surface area (Å²) >= 11 is 6.27. The second kappa shape index (κ2) is 6.27. The van der Waals surface area contributed by atoms with Crippen molar-refractivity contribution in [1.82, 2.24) is 0 Å². The third kappa shape index (κ3) is 3.52. The molecule has 112 valence electrons. The maximum absolute atomic E-state index is 13.9. The molecule has 2 rings (SSSR count). The van der Waals surface area contributed by atoms with Gasteiger partial charge in [0.15, 0.2) is 0 Å². The van der Waals surface area contributed by atoms with E-state index in [1.54, 1.807) is 0 Å². The predicted octanol–water partition coefficient (Wildman–Crippen LogP) is 4.25. The van der Waals surface area contributed by atoms with Crippen molar-refractivity contribution in [3.8, 4) is 0 Å². The predicted molar refractivity (Wildman–Crippen MR) is 85.2 cm³/mol. The Labute approximate surface area is 137 Å². The van der Waals surface area contributed by atoms with Crippen molar-refractivity contribution in [2.45, 2.75) is 25.8 Å². The van der Waals surface area contributed by atoms with Crippen LogP contribution in [0.25, 0.3) is 5.76 Å². The fourth-order valence-electron chi connectivity index (χ4n) is 1.76. The third-order valence-corrected chi connectivity index (χ3v) is 4.29. The lowest BCUT2D eigenvalue weighted by molar-refractivity contribution is -0.132. The van der Waals surface area contributed by atoms with Crippen LogP contribution in [0.4, 0.5) is 4.39 Å². The Hall–Kier alpha value is -1.21. The monoisotopic (exact) mass is 419 g/mol. The molecule has 0 heterocycles. The molecule has 1 aliphatic carbocycles. The van der Waals surface area contributed by atoms with Gasteiger partial charge in [0.05, 0.1) is 10.5 Å². The van der Waals surface area contributed by atoms with E-state index in [1.807, 2.05) is 0 Å². The van der Waals surface area contributed by atoms with Gasteiger partial charge in [0.1, 0.15) is 17.1 Å². The van der Waals surface area contributed by atoms with Crippen LogP contribution in [0.15, 0.2) is 25.6 Å². The van der Waals surface area contributed by atoms with Crippen LogP contribution in [0.2, 0.25) is 0 Å². The number of carboxylic acids is 1. The van der Waals surface area contributed by atoms with Crippen LogP contribution in [0.3, 0.4) is 0 Å². The van der Waals surface area contributed by atoms with Crippen molar-refractivity contribution >= 4 is 49.8 Å². The standard InChI is InChI=1S/C14H12Br2FNO3/c1-6-11(9(15)4-10(16)12(6)17)13(19)8(14(20)21)5-18-7-2-3-7/h4-5,7,19H,2-3H2,1H3,(H,20,21)/b13-8+,18-5?. The molecule has 0 bridgehead atoms. The lowest BCUT2D eigenvalue weighted by atomic mass is 10.0. The summed E-state index contributed by atoms with van der Waals surface area (Å²) in [6.45, 7) is 1.47. The van der Waals surface area contributed by atoms with Crippen LogP contribution in [0, 0.1) is 12.7 Å². The zero-order valence-electron chi connectivity index (χ0n) is 11.0. The zero-order valence-corrected chi connectivity index (χ0v) is 14.2. The Morgan fingerprint density at radius 2 is 2.00 bits per heavy atom. The molecule has 0 aliphatic heterocycles. The van der Waals surface area contributed by atoms with E-state index in [1.165, 1.54) is 13.0 Å². The van der Waals surface area contributed by atoms with E-state index < -0.39 is 17.5 Å². The van der Waals surface area contributed by atoms with E-state index in [9.17, 15) is 19.4 Å². The van der Waals surface area contributed by atoms with Gasteiger partial charge in [0, 0.05) is 16.3 Å². The van der Waals surface area contributed by atoms with Crippen molar-refractivity contribution in [2.24, 2.45) is 4.99 Å². The van der Waals surface area contributed by atoms with Crippen LogP contribution < -0.4 is 0 Å². The van der Waals surface area contributed by atoms with Gasteiger partial charge in [-0.25, -0.2) is 9.18 Å². The molecule has 21 heavy (non-hydrogen) atoms. The highest BCUT2D eigenvalue weighted by atomic mass is 79.9. The highest BCUT2D eigenvalue weighted by Crippen LogP contribution is 2.34. The van der Waals surface area contributed by atoms with Crippen LogP contribution in [0.5, 0.6) is 0 Å². The number of nitrogens with zero attached hydrogens (tertiary/aromatic N) is 1. The van der Waals surface area contributed by atoms with Crippen LogP contribution in [0.1, 0.15) is 24.0 Å². The fourth-order valence-corrected chi connectivity index (χ4v) is 3.31. The van der Waals surface area contributed by atoms with Crippen LogP contribution >= 0.6 is 31.9 Å². The SMILES string of the molecule is Cc1c(F)c(Br)cc(Br)c1/C(O)=C(/C=NC1CC1)C(=O)O. The number of hydrogen-bond acceptors (Lipinski definition) is 3. The van der Waals surface area contributed by atoms with Gasteiger partial charge >= 0.3 is 5.97 Å².